The molecule has 28 valence electrons. The SMILES string of the molecule is C[CH-]CC.[Sg]. The van der Waals surface area contributed by atoms with Gasteiger partial charge in [-0.3, -0.25) is 0 Å². The molecular weight excluding hydrogens is 317 g/mol. The Bertz CT molecular complexity index is 5.61. The first kappa shape index (κ1) is 9.00. The molecule has 0 bridgehead atoms. The van der Waals surface area contributed by atoms with Gasteiger partial charge in [-0.25, -0.2) is 0 Å². The fourth-order valence-electron chi connectivity index (χ4n) is 0. The fraction of sp³-hybridized carbons (Fsp3) is 0.750. The summed E-state index contributed by atoms with van der Waals surface area (Å²) >= 11 is 0. The zero-order valence-electron chi connectivity index (χ0n) is 3.99. The summed E-state index contributed by atoms with van der Waals surface area (Å²) in [5.41, 5.74) is 0. The van der Waals surface area contributed by atoms with Crippen molar-refractivity contribution in [1.82, 2.24) is 0 Å². The van der Waals surface area contributed by atoms with Gasteiger partial charge in [-0.2, -0.15) is 13.3 Å². The third kappa shape index (κ3) is 0. The Hall–Kier alpha value is -1.00. The molecule has 0 aliphatic heterocycles. The first-order chi connectivity index (χ1) is 1.91. The largest absolute Gasteiger partial charge is 0.332 e. The second-order valence-electron chi connectivity index (χ2n) is 0.816. The molecule has 0 rings (SSSR count). The Morgan fingerprint density at radius 3 is 1.80 bits per heavy atom. The van der Waals surface area contributed by atoms with E-state index in [0.717, 1.165) is 0 Å². The predicted molar refractivity (Wildman–Crippen MR) is 20.3 cm³/mol. The summed E-state index contributed by atoms with van der Waals surface area (Å²) in [6, 6.07) is 0. The summed E-state index contributed by atoms with van der Waals surface area (Å²) < 4.78 is 0. The van der Waals surface area contributed by atoms with Crippen LogP contribution < -0.4 is 0 Å². The van der Waals surface area contributed by atoms with E-state index >= 15 is 0 Å². The molecule has 1 heteroatoms. The van der Waals surface area contributed by atoms with Crippen LogP contribution in [0.5, 0.6) is 0 Å². The Morgan fingerprint density at radius 2 is 1.80 bits per heavy atom. The van der Waals surface area contributed by atoms with Gasteiger partial charge in [0.15, 0.2) is 0 Å². The first-order valence-electron chi connectivity index (χ1n) is 1.69. The van der Waals surface area contributed by atoms with Crippen molar-refractivity contribution in [2.75, 3.05) is 0 Å². The molecule has 0 unspecified atom stereocenters. The summed E-state index contributed by atoms with van der Waals surface area (Å²) in [6.07, 6.45) is 3.32. The number of rotatable bonds is 1. The van der Waals surface area contributed by atoms with Crippen molar-refractivity contribution in [1.29, 1.82) is 0 Å². The zero-order valence-corrected chi connectivity index (χ0v) is 10.5. The van der Waals surface area contributed by atoms with Crippen LogP contribution >= 0.6 is 0 Å². The van der Waals surface area contributed by atoms with Gasteiger partial charge in [0.2, 0.25) is 0 Å². The van der Waals surface area contributed by atoms with E-state index in [-0.39, 0.29) is 0 Å². The fourth-order valence-corrected chi connectivity index (χ4v) is 0. The maximum Gasteiger partial charge on any atom is 0 e. The minimum absolute atomic E-state index is 0. The van der Waals surface area contributed by atoms with Crippen LogP contribution in [0.25, 0.3) is 0 Å². The van der Waals surface area contributed by atoms with E-state index < -0.39 is 0 Å². The van der Waals surface area contributed by atoms with Crippen molar-refractivity contribution in [3.8, 4) is 0 Å². The summed E-state index contributed by atoms with van der Waals surface area (Å²) in [6.45, 7) is 4.18. The first-order valence-corrected chi connectivity index (χ1v) is 1.69. The Morgan fingerprint density at radius 1 is 1.60 bits per heavy atom. The van der Waals surface area contributed by atoms with Crippen LogP contribution in [-0.4, -0.2) is 0 Å². The van der Waals surface area contributed by atoms with Gasteiger partial charge in [0.05, 0.1) is 0 Å². The monoisotopic (exact) mass is 328 g/mol. The van der Waals surface area contributed by atoms with Gasteiger partial charge in [-0.05, 0) is 0 Å². The Kier molecular flexibility index (Phi) is 21.6. The maximum absolute atomic E-state index is 2.12. The molecule has 0 radical (unpaired) electrons. The smallest absolute Gasteiger partial charge is 0 e. The summed E-state index contributed by atoms with van der Waals surface area (Å²) in [5, 5.41) is 0. The molecule has 0 saturated carbocycles. The van der Waals surface area contributed by atoms with Crippen molar-refractivity contribution in [3.63, 3.8) is 0 Å². The van der Waals surface area contributed by atoms with E-state index in [2.05, 4.69) is 20.3 Å². The van der Waals surface area contributed by atoms with E-state index in [9.17, 15) is 0 Å². The molecule has 0 N–H and O–H groups in total. The van der Waals surface area contributed by atoms with Crippen LogP contribution in [0.4, 0.5) is 0 Å². The molecule has 0 aromatic heterocycles. The molecular formula is C4H9Sg-. The van der Waals surface area contributed by atoms with Gasteiger partial charge in [0.1, 0.15) is 0 Å². The third-order valence-corrected chi connectivity index (χ3v) is 0.408. The molecule has 0 aromatic rings. The van der Waals surface area contributed by atoms with Gasteiger partial charge in [-0.15, -0.1) is 0 Å². The topological polar surface area (TPSA) is 0 Å². The molecule has 0 heterocycles. The zero-order chi connectivity index (χ0) is 3.41. The average Bonchev–Trinajstić information content (AvgIpc) is 1.37. The van der Waals surface area contributed by atoms with Crippen molar-refractivity contribution < 1.29 is 0 Å². The second-order valence-corrected chi connectivity index (χ2v) is 0.816. The summed E-state index contributed by atoms with van der Waals surface area (Å²) in [4.78, 5) is 0. The summed E-state index contributed by atoms with van der Waals surface area (Å²) in [7, 11) is 0. The van der Waals surface area contributed by atoms with Crippen LogP contribution in [0.2, 0.25) is 0 Å². The molecule has 0 nitrogen and oxygen atoms in total. The van der Waals surface area contributed by atoms with E-state index in [1.54, 1.807) is 0 Å². The van der Waals surface area contributed by atoms with E-state index in [1.807, 2.05) is 0 Å². The van der Waals surface area contributed by atoms with Crippen LogP contribution in [0, 0.1) is 6.42 Å². The average molecular weight is 326 g/mol. The standard InChI is InChI=1S/C4H9.Sg/c1-3-4-2;/h3H,4H2,1-2H3;/q-1;. The Labute approximate surface area is 27.8 Å². The normalized spacial score (nSPS) is 6.00. The van der Waals surface area contributed by atoms with Crippen molar-refractivity contribution in [2.24, 2.45) is 0 Å². The van der Waals surface area contributed by atoms with Gasteiger partial charge < -0.3 is 6.42 Å². The maximum atomic E-state index is 2.12. The van der Waals surface area contributed by atoms with E-state index in [0.29, 0.717) is 0 Å². The van der Waals surface area contributed by atoms with Crippen LogP contribution in [0.15, 0.2) is 0 Å². The number of hydrogen-bond donors (Lipinski definition) is 0. The van der Waals surface area contributed by atoms with Gasteiger partial charge in [0.25, 0.3) is 0 Å². The van der Waals surface area contributed by atoms with Crippen LogP contribution in [-0.2, 0) is 0 Å². The van der Waals surface area contributed by atoms with Crippen molar-refractivity contribution in [2.45, 2.75) is 20.3 Å². The minimum atomic E-state index is 0. The van der Waals surface area contributed by atoms with Gasteiger partial charge >= 0.3 is 0 Å². The van der Waals surface area contributed by atoms with Gasteiger partial charge in [-0.1, -0.05) is 6.92 Å². The van der Waals surface area contributed by atoms with Crippen molar-refractivity contribution in [3.05, 3.63) is 6.42 Å². The molecule has 0 aliphatic rings. The molecule has 5 heavy (non-hydrogen) atoms. The molecule has 0 spiro atoms. The predicted octanol–water partition coefficient (Wildman–Crippen LogP) is 1.62. The van der Waals surface area contributed by atoms with Crippen LogP contribution in [0.1, 0.15) is 20.3 Å². The van der Waals surface area contributed by atoms with E-state index in [4.69, 9.17) is 0 Å². The molecule has 0 amide bonds. The van der Waals surface area contributed by atoms with Crippen molar-refractivity contribution >= 4 is 0 Å². The minimum Gasteiger partial charge on any atom is -0.332 e. The van der Waals surface area contributed by atoms with Gasteiger partial charge in [0, 0.05) is 0 Å². The molecule has 0 fully saturated rings. The molecule has 0 aliphatic carbocycles. The van der Waals surface area contributed by atoms with Crippen LogP contribution in [0.3, 0.4) is 0 Å². The molecule has 0 atom stereocenters. The quantitative estimate of drug-likeness (QED) is 0.643. The van der Waals surface area contributed by atoms with E-state index in [1.165, 1.54) is 6.42 Å². The number of hydrogen-bond acceptors (Lipinski definition) is 0. The third-order valence-electron chi connectivity index (χ3n) is 0.408. The molecule has 0 aromatic carbocycles. The number of unbranched alkanes of at least 4 members (excludes halogenated alkanes) is 1. The Balaban J connectivity index is 0. The second kappa shape index (κ2) is 12.0. The summed E-state index contributed by atoms with van der Waals surface area (Å²) in [5.74, 6) is 0. The molecule has 0 saturated heterocycles.